The molecule has 23 heavy (non-hydrogen) atoms. The standard InChI is InChI=1S/C18H14F2N2O/c19-11-1-4-13(5-2-11)22-17(23)18(7-8-18)15-10-21-16-6-3-12(20)9-14(15)16/h1-6,9-10,21H,7-8H2,(H,22,23). The summed E-state index contributed by atoms with van der Waals surface area (Å²) in [4.78, 5) is 15.8. The van der Waals surface area contributed by atoms with Crippen molar-refractivity contribution in [1.82, 2.24) is 4.98 Å². The van der Waals surface area contributed by atoms with E-state index in [0.29, 0.717) is 18.5 Å². The van der Waals surface area contributed by atoms with Gasteiger partial charge in [0.1, 0.15) is 11.6 Å². The largest absolute Gasteiger partial charge is 0.361 e. The highest BCUT2D eigenvalue weighted by Gasteiger charge is 2.52. The lowest BCUT2D eigenvalue weighted by Crippen LogP contribution is -2.27. The fourth-order valence-electron chi connectivity index (χ4n) is 3.02. The molecule has 1 heterocycles. The van der Waals surface area contributed by atoms with Gasteiger partial charge >= 0.3 is 0 Å². The number of aromatic nitrogens is 1. The van der Waals surface area contributed by atoms with Gasteiger partial charge in [-0.3, -0.25) is 4.79 Å². The van der Waals surface area contributed by atoms with E-state index in [1.165, 1.54) is 36.4 Å². The first-order chi connectivity index (χ1) is 11.1. The van der Waals surface area contributed by atoms with E-state index in [4.69, 9.17) is 0 Å². The number of amides is 1. The number of aromatic amines is 1. The minimum atomic E-state index is -0.638. The van der Waals surface area contributed by atoms with Crippen molar-refractivity contribution in [2.75, 3.05) is 5.32 Å². The zero-order valence-electron chi connectivity index (χ0n) is 12.2. The summed E-state index contributed by atoms with van der Waals surface area (Å²) in [5.74, 6) is -0.821. The molecule has 1 aliphatic carbocycles. The summed E-state index contributed by atoms with van der Waals surface area (Å²) in [7, 11) is 0. The first kappa shape index (κ1) is 13.9. The van der Waals surface area contributed by atoms with Crippen LogP contribution in [0.15, 0.2) is 48.7 Å². The molecule has 116 valence electrons. The van der Waals surface area contributed by atoms with Crippen molar-refractivity contribution in [2.45, 2.75) is 18.3 Å². The van der Waals surface area contributed by atoms with Gasteiger partial charge in [-0.05, 0) is 60.9 Å². The molecule has 0 radical (unpaired) electrons. The molecule has 1 aromatic heterocycles. The van der Waals surface area contributed by atoms with E-state index < -0.39 is 5.41 Å². The first-order valence-corrected chi connectivity index (χ1v) is 7.43. The van der Waals surface area contributed by atoms with Crippen LogP contribution in [-0.2, 0) is 10.2 Å². The normalized spacial score (nSPS) is 15.6. The molecule has 2 N–H and O–H groups in total. The highest BCUT2D eigenvalue weighted by Crippen LogP contribution is 2.51. The minimum Gasteiger partial charge on any atom is -0.361 e. The van der Waals surface area contributed by atoms with Crippen LogP contribution in [0.25, 0.3) is 10.9 Å². The summed E-state index contributed by atoms with van der Waals surface area (Å²) in [6.07, 6.45) is 3.20. The zero-order valence-corrected chi connectivity index (χ0v) is 12.2. The molecule has 2 aromatic carbocycles. The number of hydrogen-bond acceptors (Lipinski definition) is 1. The Labute approximate surface area is 131 Å². The third kappa shape index (κ3) is 2.29. The molecule has 0 bridgehead atoms. The maximum Gasteiger partial charge on any atom is 0.235 e. The molecular weight excluding hydrogens is 298 g/mol. The summed E-state index contributed by atoms with van der Waals surface area (Å²) in [6, 6.07) is 10.2. The summed E-state index contributed by atoms with van der Waals surface area (Å²) in [5, 5.41) is 3.56. The second-order valence-corrected chi connectivity index (χ2v) is 5.94. The van der Waals surface area contributed by atoms with Gasteiger partial charge in [0.15, 0.2) is 0 Å². The minimum absolute atomic E-state index is 0.144. The average molecular weight is 312 g/mol. The van der Waals surface area contributed by atoms with Crippen LogP contribution in [0.4, 0.5) is 14.5 Å². The lowest BCUT2D eigenvalue weighted by Gasteiger charge is -2.15. The Morgan fingerprint density at radius 3 is 2.43 bits per heavy atom. The first-order valence-electron chi connectivity index (χ1n) is 7.43. The molecule has 1 aliphatic rings. The van der Waals surface area contributed by atoms with Crippen molar-refractivity contribution < 1.29 is 13.6 Å². The van der Waals surface area contributed by atoms with Gasteiger partial charge in [0, 0.05) is 22.8 Å². The van der Waals surface area contributed by atoms with Gasteiger partial charge in [-0.25, -0.2) is 8.78 Å². The number of rotatable bonds is 3. The Kier molecular flexibility index (Phi) is 2.98. The van der Waals surface area contributed by atoms with Crippen LogP contribution in [0.3, 0.4) is 0 Å². The van der Waals surface area contributed by atoms with Crippen LogP contribution < -0.4 is 5.32 Å². The predicted molar refractivity (Wildman–Crippen MR) is 84.2 cm³/mol. The second-order valence-electron chi connectivity index (χ2n) is 5.94. The van der Waals surface area contributed by atoms with Gasteiger partial charge in [0.25, 0.3) is 0 Å². The van der Waals surface area contributed by atoms with E-state index in [0.717, 1.165) is 16.5 Å². The van der Waals surface area contributed by atoms with Crippen molar-refractivity contribution in [3.63, 3.8) is 0 Å². The predicted octanol–water partition coefficient (Wildman–Crippen LogP) is 4.12. The lowest BCUT2D eigenvalue weighted by atomic mass is 9.94. The Hall–Kier alpha value is -2.69. The van der Waals surface area contributed by atoms with Crippen molar-refractivity contribution >= 4 is 22.5 Å². The van der Waals surface area contributed by atoms with Gasteiger partial charge in [-0.2, -0.15) is 0 Å². The Morgan fingerprint density at radius 1 is 1.04 bits per heavy atom. The molecule has 1 amide bonds. The maximum absolute atomic E-state index is 13.5. The van der Waals surface area contributed by atoms with Gasteiger partial charge in [-0.15, -0.1) is 0 Å². The number of fused-ring (bicyclic) bond motifs is 1. The maximum atomic E-state index is 13.5. The van der Waals surface area contributed by atoms with E-state index in [1.807, 2.05) is 0 Å². The molecule has 1 fully saturated rings. The monoisotopic (exact) mass is 312 g/mol. The molecule has 1 saturated carbocycles. The molecule has 0 aliphatic heterocycles. The van der Waals surface area contributed by atoms with Gasteiger partial charge < -0.3 is 10.3 Å². The fraction of sp³-hybridized carbons (Fsp3) is 0.167. The van der Waals surface area contributed by atoms with E-state index >= 15 is 0 Å². The lowest BCUT2D eigenvalue weighted by molar-refractivity contribution is -0.118. The molecule has 3 aromatic rings. The van der Waals surface area contributed by atoms with E-state index in [-0.39, 0.29) is 17.5 Å². The highest BCUT2D eigenvalue weighted by atomic mass is 19.1. The molecule has 3 nitrogen and oxygen atoms in total. The van der Waals surface area contributed by atoms with Crippen LogP contribution in [0.5, 0.6) is 0 Å². The average Bonchev–Trinajstić information content (AvgIpc) is 3.24. The Balaban J connectivity index is 1.68. The SMILES string of the molecule is O=C(Nc1ccc(F)cc1)C1(c2c[nH]c3ccc(F)cc23)CC1. The molecular formula is C18H14F2N2O. The van der Waals surface area contributed by atoms with Gasteiger partial charge in [0.05, 0.1) is 5.41 Å². The van der Waals surface area contributed by atoms with Crippen LogP contribution in [0.2, 0.25) is 0 Å². The summed E-state index contributed by atoms with van der Waals surface area (Å²) in [5.41, 5.74) is 1.53. The number of carbonyl (C=O) groups is 1. The molecule has 0 atom stereocenters. The van der Waals surface area contributed by atoms with Gasteiger partial charge in [0.2, 0.25) is 5.91 Å². The third-order valence-corrected chi connectivity index (χ3v) is 4.45. The highest BCUT2D eigenvalue weighted by molar-refractivity contribution is 6.04. The van der Waals surface area contributed by atoms with E-state index in [1.54, 1.807) is 12.3 Å². The van der Waals surface area contributed by atoms with E-state index in [2.05, 4.69) is 10.3 Å². The van der Waals surface area contributed by atoms with Crippen LogP contribution in [0, 0.1) is 11.6 Å². The number of hydrogen-bond donors (Lipinski definition) is 2. The van der Waals surface area contributed by atoms with Crippen LogP contribution in [-0.4, -0.2) is 10.9 Å². The molecule has 0 saturated heterocycles. The van der Waals surface area contributed by atoms with Crippen molar-refractivity contribution in [2.24, 2.45) is 0 Å². The van der Waals surface area contributed by atoms with Crippen LogP contribution >= 0.6 is 0 Å². The quantitative estimate of drug-likeness (QED) is 0.751. The summed E-state index contributed by atoms with van der Waals surface area (Å²) >= 11 is 0. The van der Waals surface area contributed by atoms with Crippen molar-refractivity contribution in [3.05, 3.63) is 65.9 Å². The second kappa shape index (κ2) is 4.91. The fourth-order valence-corrected chi connectivity index (χ4v) is 3.02. The Bertz CT molecular complexity index is 895. The topological polar surface area (TPSA) is 44.9 Å². The number of halogens is 2. The molecule has 5 heteroatoms. The number of nitrogens with one attached hydrogen (secondary N) is 2. The van der Waals surface area contributed by atoms with E-state index in [9.17, 15) is 13.6 Å². The number of H-pyrrole nitrogens is 1. The van der Waals surface area contributed by atoms with Gasteiger partial charge in [-0.1, -0.05) is 0 Å². The third-order valence-electron chi connectivity index (χ3n) is 4.45. The Morgan fingerprint density at radius 2 is 1.74 bits per heavy atom. The van der Waals surface area contributed by atoms with Crippen LogP contribution in [0.1, 0.15) is 18.4 Å². The van der Waals surface area contributed by atoms with Crippen molar-refractivity contribution in [3.8, 4) is 0 Å². The van der Waals surface area contributed by atoms with Crippen molar-refractivity contribution in [1.29, 1.82) is 0 Å². The summed E-state index contributed by atoms with van der Waals surface area (Å²) in [6.45, 7) is 0. The number of carbonyl (C=O) groups excluding carboxylic acids is 1. The zero-order chi connectivity index (χ0) is 16.0. The smallest absolute Gasteiger partial charge is 0.235 e. The molecule has 4 rings (SSSR count). The number of anilines is 1. The summed E-state index contributed by atoms with van der Waals surface area (Å²) < 4.78 is 26.5. The molecule has 0 unspecified atom stereocenters. The molecule has 0 spiro atoms. The number of benzene rings is 2.